The first-order valence-electron chi connectivity index (χ1n) is 9.80. The summed E-state index contributed by atoms with van der Waals surface area (Å²) in [5.74, 6) is -0.974. The molecule has 1 unspecified atom stereocenters. The maximum Gasteiger partial charge on any atom is 0.416 e. The number of nitrogens with one attached hydrogen (secondary N) is 1. The highest BCUT2D eigenvalue weighted by atomic mass is 19.4. The van der Waals surface area contributed by atoms with Crippen molar-refractivity contribution < 1.29 is 35.9 Å². The molecule has 0 aromatic heterocycles. The van der Waals surface area contributed by atoms with Gasteiger partial charge in [-0.1, -0.05) is 44.2 Å². The molecule has 176 valence electrons. The van der Waals surface area contributed by atoms with Gasteiger partial charge in [-0.05, 0) is 36.1 Å². The summed E-state index contributed by atoms with van der Waals surface area (Å²) in [5.41, 5.74) is 3.47. The number of hydrogen-bond donors (Lipinski definition) is 2. The monoisotopic (exact) mass is 462 g/mol. The SMILES string of the molecule is CC(C)CC(N)C(=O)N[C@H](COc1cc(C(F)(F)F)cc(C(F)(F)F)c1)c1ccccc1. The van der Waals surface area contributed by atoms with Gasteiger partial charge in [0.1, 0.15) is 12.4 Å². The van der Waals surface area contributed by atoms with Crippen LogP contribution in [0.3, 0.4) is 0 Å². The van der Waals surface area contributed by atoms with E-state index in [1.54, 1.807) is 30.3 Å². The molecule has 10 heteroatoms. The van der Waals surface area contributed by atoms with Crippen LogP contribution in [0.4, 0.5) is 26.3 Å². The van der Waals surface area contributed by atoms with Crippen LogP contribution in [0, 0.1) is 5.92 Å². The second kappa shape index (κ2) is 10.2. The van der Waals surface area contributed by atoms with E-state index in [9.17, 15) is 31.1 Å². The van der Waals surface area contributed by atoms with Gasteiger partial charge in [-0.25, -0.2) is 0 Å². The summed E-state index contributed by atoms with van der Waals surface area (Å²) in [7, 11) is 0. The average molecular weight is 462 g/mol. The van der Waals surface area contributed by atoms with Crippen LogP contribution in [-0.2, 0) is 17.1 Å². The first kappa shape index (κ1) is 25.5. The maximum absolute atomic E-state index is 13.1. The van der Waals surface area contributed by atoms with E-state index in [1.807, 2.05) is 13.8 Å². The molecule has 0 aliphatic rings. The summed E-state index contributed by atoms with van der Waals surface area (Å²) in [6, 6.07) is 7.70. The minimum absolute atomic E-state index is 0.0221. The van der Waals surface area contributed by atoms with Crippen molar-refractivity contribution in [3.05, 3.63) is 65.2 Å². The Morgan fingerprint density at radius 1 is 0.969 bits per heavy atom. The highest BCUT2D eigenvalue weighted by Crippen LogP contribution is 2.38. The van der Waals surface area contributed by atoms with E-state index in [1.165, 1.54) is 0 Å². The van der Waals surface area contributed by atoms with E-state index in [2.05, 4.69) is 5.32 Å². The van der Waals surface area contributed by atoms with E-state index < -0.39 is 53.8 Å². The maximum atomic E-state index is 13.1. The smallest absolute Gasteiger partial charge is 0.416 e. The van der Waals surface area contributed by atoms with Crippen LogP contribution in [0.1, 0.15) is 43.0 Å². The Kier molecular flexibility index (Phi) is 8.17. The zero-order valence-electron chi connectivity index (χ0n) is 17.4. The molecule has 0 aliphatic heterocycles. The molecule has 0 radical (unpaired) electrons. The zero-order chi connectivity index (χ0) is 24.1. The lowest BCUT2D eigenvalue weighted by Gasteiger charge is -2.23. The van der Waals surface area contributed by atoms with Gasteiger partial charge in [0.05, 0.1) is 23.2 Å². The number of hydrogen-bond acceptors (Lipinski definition) is 3. The number of benzene rings is 2. The predicted octanol–water partition coefficient (Wildman–Crippen LogP) is 5.33. The van der Waals surface area contributed by atoms with Crippen molar-refractivity contribution in [1.29, 1.82) is 0 Å². The van der Waals surface area contributed by atoms with Crippen molar-refractivity contribution in [2.24, 2.45) is 11.7 Å². The molecular formula is C22H24F6N2O2. The molecule has 0 aliphatic carbocycles. The number of nitrogens with two attached hydrogens (primary N) is 1. The van der Waals surface area contributed by atoms with Gasteiger partial charge < -0.3 is 15.8 Å². The topological polar surface area (TPSA) is 64.4 Å². The molecule has 1 amide bonds. The number of carbonyl (C=O) groups is 1. The first-order chi connectivity index (χ1) is 14.8. The largest absolute Gasteiger partial charge is 0.491 e. The molecule has 2 aromatic rings. The Bertz CT molecular complexity index is 865. The van der Waals surface area contributed by atoms with Crippen LogP contribution in [0.25, 0.3) is 0 Å². The predicted molar refractivity (Wildman–Crippen MR) is 107 cm³/mol. The molecule has 0 fully saturated rings. The Labute approximate surface area is 181 Å². The van der Waals surface area contributed by atoms with Gasteiger partial charge in [-0.2, -0.15) is 26.3 Å². The van der Waals surface area contributed by atoms with Gasteiger partial charge in [0, 0.05) is 0 Å². The molecule has 0 heterocycles. The van der Waals surface area contributed by atoms with Gasteiger partial charge in [0.15, 0.2) is 0 Å². The van der Waals surface area contributed by atoms with Crippen molar-refractivity contribution >= 4 is 5.91 Å². The lowest BCUT2D eigenvalue weighted by molar-refractivity contribution is -0.143. The van der Waals surface area contributed by atoms with E-state index in [-0.39, 0.29) is 12.0 Å². The van der Waals surface area contributed by atoms with Crippen LogP contribution in [0.5, 0.6) is 5.75 Å². The molecule has 0 saturated carbocycles. The molecule has 4 nitrogen and oxygen atoms in total. The zero-order valence-corrected chi connectivity index (χ0v) is 17.4. The van der Waals surface area contributed by atoms with Crippen LogP contribution in [0.2, 0.25) is 0 Å². The normalized spacial score (nSPS) is 14.2. The van der Waals surface area contributed by atoms with Crippen molar-refractivity contribution in [2.45, 2.75) is 44.7 Å². The number of halogens is 6. The molecule has 3 N–H and O–H groups in total. The third-order valence-electron chi connectivity index (χ3n) is 4.56. The fraction of sp³-hybridized carbons (Fsp3) is 0.409. The Morgan fingerprint density at radius 2 is 1.50 bits per heavy atom. The number of carbonyl (C=O) groups excluding carboxylic acids is 1. The van der Waals surface area contributed by atoms with E-state index in [0.717, 1.165) is 0 Å². The molecule has 0 bridgehead atoms. The average Bonchev–Trinajstić information content (AvgIpc) is 2.69. The van der Waals surface area contributed by atoms with Crippen LogP contribution >= 0.6 is 0 Å². The summed E-state index contributed by atoms with van der Waals surface area (Å²) in [6.45, 7) is 3.37. The fourth-order valence-electron chi connectivity index (χ4n) is 2.99. The fourth-order valence-corrected chi connectivity index (χ4v) is 2.99. The molecule has 2 rings (SSSR count). The van der Waals surface area contributed by atoms with E-state index in [0.29, 0.717) is 24.1 Å². The van der Waals surface area contributed by atoms with E-state index in [4.69, 9.17) is 10.5 Å². The van der Waals surface area contributed by atoms with Gasteiger partial charge in [0.25, 0.3) is 0 Å². The standard InChI is InChI=1S/C22H24F6N2O2/c1-13(2)8-18(29)20(31)30-19(14-6-4-3-5-7-14)12-32-17-10-15(21(23,24)25)9-16(11-17)22(26,27)28/h3-7,9-11,13,18-19H,8,12,29H2,1-2H3,(H,30,31)/t18?,19-/m1/s1. The summed E-state index contributed by atoms with van der Waals surface area (Å²) in [4.78, 5) is 12.5. The third-order valence-corrected chi connectivity index (χ3v) is 4.56. The molecular weight excluding hydrogens is 438 g/mol. The van der Waals surface area contributed by atoms with Crippen LogP contribution < -0.4 is 15.8 Å². The summed E-state index contributed by atoms with van der Waals surface area (Å²) in [5, 5.41) is 2.67. The van der Waals surface area contributed by atoms with Crippen molar-refractivity contribution in [1.82, 2.24) is 5.32 Å². The van der Waals surface area contributed by atoms with Crippen molar-refractivity contribution in [2.75, 3.05) is 6.61 Å². The molecule has 2 aromatic carbocycles. The highest BCUT2D eigenvalue weighted by molar-refractivity contribution is 5.81. The highest BCUT2D eigenvalue weighted by Gasteiger charge is 2.37. The third kappa shape index (κ3) is 7.44. The van der Waals surface area contributed by atoms with Crippen LogP contribution in [-0.4, -0.2) is 18.6 Å². The van der Waals surface area contributed by atoms with Crippen molar-refractivity contribution in [3.63, 3.8) is 0 Å². The quantitative estimate of drug-likeness (QED) is 0.521. The molecule has 32 heavy (non-hydrogen) atoms. The Morgan fingerprint density at radius 3 is 1.97 bits per heavy atom. The van der Waals surface area contributed by atoms with Gasteiger partial charge in [-0.3, -0.25) is 4.79 Å². The number of alkyl halides is 6. The summed E-state index contributed by atoms with van der Waals surface area (Å²) < 4.78 is 83.7. The summed E-state index contributed by atoms with van der Waals surface area (Å²) in [6.07, 6.45) is -9.58. The lowest BCUT2D eigenvalue weighted by Crippen LogP contribution is -2.44. The molecule has 0 spiro atoms. The van der Waals surface area contributed by atoms with Crippen molar-refractivity contribution in [3.8, 4) is 5.75 Å². The minimum Gasteiger partial charge on any atom is -0.491 e. The Hall–Kier alpha value is -2.75. The number of amides is 1. The number of rotatable bonds is 8. The molecule has 2 atom stereocenters. The van der Waals surface area contributed by atoms with E-state index >= 15 is 0 Å². The molecule has 0 saturated heterocycles. The minimum atomic E-state index is -4.99. The summed E-state index contributed by atoms with van der Waals surface area (Å²) >= 11 is 0. The van der Waals surface area contributed by atoms with Gasteiger partial charge >= 0.3 is 12.4 Å². The second-order valence-electron chi connectivity index (χ2n) is 7.76. The van der Waals surface area contributed by atoms with Gasteiger partial charge in [0.2, 0.25) is 5.91 Å². The number of ether oxygens (including phenoxy) is 1. The Balaban J connectivity index is 2.28. The van der Waals surface area contributed by atoms with Gasteiger partial charge in [-0.15, -0.1) is 0 Å². The van der Waals surface area contributed by atoms with Crippen LogP contribution in [0.15, 0.2) is 48.5 Å². The lowest BCUT2D eigenvalue weighted by atomic mass is 10.0. The second-order valence-corrected chi connectivity index (χ2v) is 7.76. The first-order valence-corrected chi connectivity index (χ1v) is 9.80.